The Balaban J connectivity index is 2.02. The van der Waals surface area contributed by atoms with Gasteiger partial charge in [0.15, 0.2) is 0 Å². The minimum atomic E-state index is 0.213. The monoisotopic (exact) mass is 266 g/mol. The summed E-state index contributed by atoms with van der Waals surface area (Å²) in [5, 5.41) is 17.2. The third-order valence-corrected chi connectivity index (χ3v) is 4.10. The predicted octanol–water partition coefficient (Wildman–Crippen LogP) is 0.583. The molecule has 108 valence electrons. The summed E-state index contributed by atoms with van der Waals surface area (Å²) >= 11 is 0. The molecule has 1 aliphatic heterocycles. The molecule has 1 fully saturated rings. The zero-order chi connectivity index (χ0) is 13.8. The van der Waals surface area contributed by atoms with Crippen LogP contribution in [0.1, 0.15) is 29.8 Å². The van der Waals surface area contributed by atoms with E-state index in [4.69, 9.17) is 0 Å². The molecule has 19 heavy (non-hydrogen) atoms. The maximum absolute atomic E-state index is 9.25. The van der Waals surface area contributed by atoms with Gasteiger partial charge in [0.1, 0.15) is 0 Å². The van der Waals surface area contributed by atoms with Crippen LogP contribution in [0.4, 0.5) is 0 Å². The molecule has 5 heteroatoms. The maximum Gasteiger partial charge on any atom is 0.0641 e. The highest BCUT2D eigenvalue weighted by Crippen LogP contribution is 2.16. The van der Waals surface area contributed by atoms with Gasteiger partial charge < -0.3 is 10.4 Å². The van der Waals surface area contributed by atoms with Crippen molar-refractivity contribution < 1.29 is 5.11 Å². The molecule has 1 unspecified atom stereocenters. The zero-order valence-corrected chi connectivity index (χ0v) is 12.3. The Labute approximate surface area is 115 Å². The lowest BCUT2D eigenvalue weighted by Crippen LogP contribution is -2.38. The average Bonchev–Trinajstić information content (AvgIpc) is 2.94. The number of rotatable bonds is 6. The van der Waals surface area contributed by atoms with Crippen LogP contribution in [0.5, 0.6) is 0 Å². The van der Waals surface area contributed by atoms with Crippen LogP contribution in [-0.2, 0) is 13.6 Å². The SMILES string of the molecule is Cc1nn(C)c(C)c1CN(CCO)CC1CCCN1. The lowest BCUT2D eigenvalue weighted by Gasteiger charge is -2.25. The number of hydrogen-bond donors (Lipinski definition) is 2. The molecule has 1 saturated heterocycles. The Kier molecular flexibility index (Phi) is 4.96. The van der Waals surface area contributed by atoms with Gasteiger partial charge in [0.05, 0.1) is 12.3 Å². The molecule has 1 aliphatic rings. The summed E-state index contributed by atoms with van der Waals surface area (Å²) in [5.41, 5.74) is 3.62. The van der Waals surface area contributed by atoms with E-state index in [1.165, 1.54) is 24.1 Å². The van der Waals surface area contributed by atoms with Crippen LogP contribution >= 0.6 is 0 Å². The molecule has 0 aliphatic carbocycles. The van der Waals surface area contributed by atoms with Crippen LogP contribution in [-0.4, -0.2) is 52.1 Å². The number of aromatic nitrogens is 2. The molecule has 0 spiro atoms. The van der Waals surface area contributed by atoms with Crippen LogP contribution in [0.3, 0.4) is 0 Å². The highest BCUT2D eigenvalue weighted by molar-refractivity contribution is 5.24. The van der Waals surface area contributed by atoms with Gasteiger partial charge in [-0.3, -0.25) is 9.58 Å². The lowest BCUT2D eigenvalue weighted by atomic mass is 10.1. The summed E-state index contributed by atoms with van der Waals surface area (Å²) in [5.74, 6) is 0. The molecule has 0 aromatic carbocycles. The van der Waals surface area contributed by atoms with E-state index >= 15 is 0 Å². The van der Waals surface area contributed by atoms with Crippen molar-refractivity contribution in [1.82, 2.24) is 20.0 Å². The second-order valence-electron chi connectivity index (χ2n) is 5.52. The van der Waals surface area contributed by atoms with Crippen molar-refractivity contribution in [3.63, 3.8) is 0 Å². The molecule has 0 bridgehead atoms. The molecular weight excluding hydrogens is 240 g/mol. The summed E-state index contributed by atoms with van der Waals surface area (Å²) in [6.45, 7) is 8.13. The summed E-state index contributed by atoms with van der Waals surface area (Å²) < 4.78 is 1.94. The standard InChI is InChI=1S/C14H26N4O/c1-11-14(12(2)17(3)16-11)10-18(7-8-19)9-13-5-4-6-15-13/h13,15,19H,4-10H2,1-3H3. The Morgan fingerprint density at radius 3 is 2.79 bits per heavy atom. The van der Waals surface area contributed by atoms with Crippen LogP contribution < -0.4 is 5.32 Å². The number of hydrogen-bond acceptors (Lipinski definition) is 4. The van der Waals surface area contributed by atoms with Crippen molar-refractivity contribution in [2.24, 2.45) is 7.05 Å². The van der Waals surface area contributed by atoms with Gasteiger partial charge in [0.2, 0.25) is 0 Å². The molecule has 1 aromatic heterocycles. The molecule has 1 aromatic rings. The fraction of sp³-hybridized carbons (Fsp3) is 0.786. The fourth-order valence-corrected chi connectivity index (χ4v) is 2.87. The first-order chi connectivity index (χ1) is 9.11. The first kappa shape index (κ1) is 14.5. The van der Waals surface area contributed by atoms with E-state index in [1.807, 2.05) is 11.7 Å². The van der Waals surface area contributed by atoms with Crippen molar-refractivity contribution in [3.8, 4) is 0 Å². The van der Waals surface area contributed by atoms with Crippen LogP contribution in [0.25, 0.3) is 0 Å². The largest absolute Gasteiger partial charge is 0.395 e. The third-order valence-electron chi connectivity index (χ3n) is 4.10. The van der Waals surface area contributed by atoms with Crippen molar-refractivity contribution >= 4 is 0 Å². The molecule has 0 saturated carbocycles. The van der Waals surface area contributed by atoms with Crippen LogP contribution in [0.15, 0.2) is 0 Å². The van der Waals surface area contributed by atoms with Gasteiger partial charge in [-0.2, -0.15) is 5.10 Å². The Bertz CT molecular complexity index is 410. The lowest BCUT2D eigenvalue weighted by molar-refractivity contribution is 0.178. The van der Waals surface area contributed by atoms with Gasteiger partial charge >= 0.3 is 0 Å². The molecule has 5 nitrogen and oxygen atoms in total. The summed E-state index contributed by atoms with van der Waals surface area (Å²) in [6, 6.07) is 0.573. The van der Waals surface area contributed by atoms with E-state index in [1.54, 1.807) is 0 Å². The molecule has 2 heterocycles. The second-order valence-corrected chi connectivity index (χ2v) is 5.52. The van der Waals surface area contributed by atoms with E-state index < -0.39 is 0 Å². The number of aryl methyl sites for hydroxylation is 2. The minimum absolute atomic E-state index is 0.213. The first-order valence-corrected chi connectivity index (χ1v) is 7.17. The Morgan fingerprint density at radius 1 is 1.47 bits per heavy atom. The van der Waals surface area contributed by atoms with E-state index in [9.17, 15) is 5.11 Å². The topological polar surface area (TPSA) is 53.3 Å². The van der Waals surface area contributed by atoms with Gasteiger partial charge in [-0.1, -0.05) is 0 Å². The average molecular weight is 266 g/mol. The van der Waals surface area contributed by atoms with Crippen molar-refractivity contribution in [3.05, 3.63) is 17.0 Å². The molecule has 2 rings (SSSR count). The normalized spacial score (nSPS) is 19.5. The summed E-state index contributed by atoms with van der Waals surface area (Å²) in [6.07, 6.45) is 2.51. The summed E-state index contributed by atoms with van der Waals surface area (Å²) in [4.78, 5) is 2.33. The second kappa shape index (κ2) is 6.50. The number of aliphatic hydroxyl groups is 1. The van der Waals surface area contributed by atoms with Gasteiger partial charge in [-0.05, 0) is 33.2 Å². The van der Waals surface area contributed by atoms with E-state index in [0.29, 0.717) is 6.04 Å². The van der Waals surface area contributed by atoms with Crippen molar-refractivity contribution in [1.29, 1.82) is 0 Å². The maximum atomic E-state index is 9.25. The third kappa shape index (κ3) is 3.55. The van der Waals surface area contributed by atoms with Gasteiger partial charge in [-0.25, -0.2) is 0 Å². The fourth-order valence-electron chi connectivity index (χ4n) is 2.87. The molecule has 0 radical (unpaired) electrons. The quantitative estimate of drug-likeness (QED) is 0.791. The van der Waals surface area contributed by atoms with Crippen molar-refractivity contribution in [2.45, 2.75) is 39.3 Å². The molecule has 2 N–H and O–H groups in total. The molecular formula is C14H26N4O. The highest BCUT2D eigenvalue weighted by Gasteiger charge is 2.19. The van der Waals surface area contributed by atoms with Gasteiger partial charge in [0.25, 0.3) is 0 Å². The highest BCUT2D eigenvalue weighted by atomic mass is 16.3. The smallest absolute Gasteiger partial charge is 0.0641 e. The number of nitrogens with one attached hydrogen (secondary N) is 1. The van der Waals surface area contributed by atoms with E-state index in [0.717, 1.165) is 31.9 Å². The Hall–Kier alpha value is -0.910. The number of nitrogens with zero attached hydrogens (tertiary/aromatic N) is 3. The molecule has 0 amide bonds. The van der Waals surface area contributed by atoms with E-state index in [-0.39, 0.29) is 6.61 Å². The van der Waals surface area contributed by atoms with Crippen LogP contribution in [0, 0.1) is 13.8 Å². The first-order valence-electron chi connectivity index (χ1n) is 7.17. The Morgan fingerprint density at radius 2 is 2.26 bits per heavy atom. The predicted molar refractivity (Wildman–Crippen MR) is 76.1 cm³/mol. The van der Waals surface area contributed by atoms with Gasteiger partial charge in [0, 0.05) is 44.0 Å². The minimum Gasteiger partial charge on any atom is -0.395 e. The molecule has 1 atom stereocenters. The summed E-state index contributed by atoms with van der Waals surface area (Å²) in [7, 11) is 1.99. The zero-order valence-electron chi connectivity index (χ0n) is 12.3. The van der Waals surface area contributed by atoms with E-state index in [2.05, 4.69) is 29.2 Å². The van der Waals surface area contributed by atoms with Crippen LogP contribution in [0.2, 0.25) is 0 Å². The van der Waals surface area contributed by atoms with Gasteiger partial charge in [-0.15, -0.1) is 0 Å². The number of aliphatic hydroxyl groups excluding tert-OH is 1. The van der Waals surface area contributed by atoms with Crippen molar-refractivity contribution in [2.75, 3.05) is 26.2 Å².